The number of hydrogen-bond donors (Lipinski definition) is 2. The van der Waals surface area contributed by atoms with Gasteiger partial charge in [-0.15, -0.1) is 11.3 Å². The molecule has 0 saturated heterocycles. The molecule has 1 aromatic heterocycles. The third-order valence-corrected chi connectivity index (χ3v) is 4.02. The van der Waals surface area contributed by atoms with Crippen molar-refractivity contribution in [1.29, 1.82) is 0 Å². The maximum Gasteiger partial charge on any atom is 0.237 e. The first kappa shape index (κ1) is 12.5. The van der Waals surface area contributed by atoms with Crippen LogP contribution in [-0.2, 0) is 11.3 Å². The van der Waals surface area contributed by atoms with Crippen molar-refractivity contribution in [3.63, 3.8) is 0 Å². The van der Waals surface area contributed by atoms with Crippen LogP contribution in [0, 0.1) is 13.8 Å². The van der Waals surface area contributed by atoms with Crippen LogP contribution in [0.5, 0.6) is 0 Å². The van der Waals surface area contributed by atoms with E-state index in [1.165, 1.54) is 4.88 Å². The number of carbonyl (C=O) groups is 1. The van der Waals surface area contributed by atoms with Crippen molar-refractivity contribution in [2.75, 3.05) is 0 Å². The van der Waals surface area contributed by atoms with Gasteiger partial charge in [-0.05, 0) is 33.6 Å². The van der Waals surface area contributed by atoms with Crippen LogP contribution in [0.25, 0.3) is 0 Å². The topological polar surface area (TPSA) is 54.0 Å². The minimum absolute atomic E-state index is 0.0949. The molecule has 1 heterocycles. The summed E-state index contributed by atoms with van der Waals surface area (Å²) in [6.07, 6.45) is 2.26. The molecule has 4 nitrogen and oxygen atoms in total. The van der Waals surface area contributed by atoms with Crippen molar-refractivity contribution in [1.82, 2.24) is 15.6 Å². The summed E-state index contributed by atoms with van der Waals surface area (Å²) in [4.78, 5) is 17.4. The molecule has 1 saturated carbocycles. The molecule has 1 aliphatic carbocycles. The molecule has 2 rings (SSSR count). The van der Waals surface area contributed by atoms with Crippen molar-refractivity contribution in [3.8, 4) is 0 Å². The summed E-state index contributed by atoms with van der Waals surface area (Å²) in [5.41, 5.74) is 1.09. The summed E-state index contributed by atoms with van der Waals surface area (Å²) in [6, 6.07) is 0.274. The zero-order chi connectivity index (χ0) is 12.4. The highest BCUT2D eigenvalue weighted by Gasteiger charge is 2.25. The minimum atomic E-state index is -0.153. The molecular formula is C12H19N3OS. The molecule has 0 bridgehead atoms. The van der Waals surface area contributed by atoms with Crippen LogP contribution in [0.2, 0.25) is 0 Å². The van der Waals surface area contributed by atoms with E-state index in [1.807, 2.05) is 13.8 Å². The van der Waals surface area contributed by atoms with Crippen LogP contribution in [0.3, 0.4) is 0 Å². The third kappa shape index (κ3) is 3.51. The molecule has 1 fully saturated rings. The fraction of sp³-hybridized carbons (Fsp3) is 0.667. The van der Waals surface area contributed by atoms with Crippen molar-refractivity contribution in [2.24, 2.45) is 0 Å². The number of hydrogen-bond acceptors (Lipinski definition) is 4. The van der Waals surface area contributed by atoms with Crippen LogP contribution in [-0.4, -0.2) is 23.0 Å². The number of nitrogens with one attached hydrogen (secondary N) is 2. The van der Waals surface area contributed by atoms with Crippen LogP contribution >= 0.6 is 11.3 Å². The summed E-state index contributed by atoms with van der Waals surface area (Å²) >= 11 is 1.69. The fourth-order valence-corrected chi connectivity index (χ4v) is 2.39. The number of amides is 1. The first-order chi connectivity index (χ1) is 8.06. The van der Waals surface area contributed by atoms with Crippen LogP contribution in [0.15, 0.2) is 0 Å². The zero-order valence-corrected chi connectivity index (χ0v) is 11.4. The van der Waals surface area contributed by atoms with Gasteiger partial charge in [-0.1, -0.05) is 0 Å². The summed E-state index contributed by atoms with van der Waals surface area (Å²) in [5, 5.41) is 7.24. The Labute approximate surface area is 106 Å². The molecule has 5 heteroatoms. The van der Waals surface area contributed by atoms with Gasteiger partial charge in [-0.25, -0.2) is 4.98 Å². The molecule has 0 spiro atoms. The molecule has 1 atom stereocenters. The number of thiazole rings is 1. The molecule has 1 aliphatic rings. The van der Waals surface area contributed by atoms with Crippen LogP contribution in [0.4, 0.5) is 0 Å². The Morgan fingerprint density at radius 3 is 2.76 bits per heavy atom. The Balaban J connectivity index is 1.78. The lowest BCUT2D eigenvalue weighted by Crippen LogP contribution is -2.42. The van der Waals surface area contributed by atoms with E-state index in [0.29, 0.717) is 12.6 Å². The number of aryl methyl sites for hydroxylation is 2. The predicted molar refractivity (Wildman–Crippen MR) is 69.1 cm³/mol. The van der Waals surface area contributed by atoms with Gasteiger partial charge in [-0.3, -0.25) is 10.1 Å². The van der Waals surface area contributed by atoms with Crippen molar-refractivity contribution < 1.29 is 4.79 Å². The quantitative estimate of drug-likeness (QED) is 0.836. The van der Waals surface area contributed by atoms with Gasteiger partial charge in [0.15, 0.2) is 0 Å². The third-order valence-electron chi connectivity index (χ3n) is 2.95. The van der Waals surface area contributed by atoms with Gasteiger partial charge in [0, 0.05) is 17.5 Å². The van der Waals surface area contributed by atoms with Gasteiger partial charge < -0.3 is 5.32 Å². The lowest BCUT2D eigenvalue weighted by atomic mass is 10.3. The second kappa shape index (κ2) is 5.14. The lowest BCUT2D eigenvalue weighted by Gasteiger charge is -2.12. The zero-order valence-electron chi connectivity index (χ0n) is 10.5. The Hall–Kier alpha value is -0.940. The highest BCUT2D eigenvalue weighted by molar-refractivity contribution is 7.11. The number of nitrogens with zero attached hydrogens (tertiary/aromatic N) is 1. The Bertz CT molecular complexity index is 392. The summed E-state index contributed by atoms with van der Waals surface area (Å²) in [5.74, 6) is 0.0949. The highest BCUT2D eigenvalue weighted by atomic mass is 32.1. The number of aromatic nitrogens is 1. The van der Waals surface area contributed by atoms with Crippen LogP contribution < -0.4 is 10.6 Å². The molecule has 1 aromatic rings. The average molecular weight is 253 g/mol. The molecule has 94 valence electrons. The van der Waals surface area contributed by atoms with Crippen molar-refractivity contribution >= 4 is 17.2 Å². The van der Waals surface area contributed by atoms with E-state index in [2.05, 4.69) is 22.5 Å². The van der Waals surface area contributed by atoms with Crippen molar-refractivity contribution in [3.05, 3.63) is 15.6 Å². The standard InChI is InChI=1S/C12H19N3OS/c1-7-9(3)17-11(14-7)6-13-8(2)12(16)15-10-4-5-10/h8,10,13H,4-6H2,1-3H3,(H,15,16). The Morgan fingerprint density at radius 2 is 2.24 bits per heavy atom. The largest absolute Gasteiger partial charge is 0.352 e. The second-order valence-corrected chi connectivity index (χ2v) is 5.92. The maximum atomic E-state index is 11.7. The smallest absolute Gasteiger partial charge is 0.237 e. The minimum Gasteiger partial charge on any atom is -0.352 e. The predicted octanol–water partition coefficient (Wildman–Crippen LogP) is 1.52. The molecule has 0 aliphatic heterocycles. The molecule has 0 radical (unpaired) electrons. The van der Waals surface area contributed by atoms with Gasteiger partial charge in [0.25, 0.3) is 0 Å². The number of carbonyl (C=O) groups excluding carboxylic acids is 1. The summed E-state index contributed by atoms with van der Waals surface area (Å²) < 4.78 is 0. The second-order valence-electron chi connectivity index (χ2n) is 4.63. The highest BCUT2D eigenvalue weighted by Crippen LogP contribution is 2.19. The number of rotatable bonds is 5. The van der Waals surface area contributed by atoms with E-state index >= 15 is 0 Å². The van der Waals surface area contributed by atoms with Gasteiger partial charge in [0.05, 0.1) is 11.7 Å². The van der Waals surface area contributed by atoms with Gasteiger partial charge in [0.2, 0.25) is 5.91 Å². The maximum absolute atomic E-state index is 11.7. The van der Waals surface area contributed by atoms with E-state index in [0.717, 1.165) is 23.5 Å². The fourth-order valence-electron chi connectivity index (χ4n) is 1.50. The Kier molecular flexibility index (Phi) is 3.79. The van der Waals surface area contributed by atoms with Crippen molar-refractivity contribution in [2.45, 2.75) is 52.2 Å². The molecule has 1 unspecified atom stereocenters. The van der Waals surface area contributed by atoms with Gasteiger partial charge in [0.1, 0.15) is 5.01 Å². The first-order valence-corrected chi connectivity index (χ1v) is 6.84. The average Bonchev–Trinajstić information content (AvgIpc) is 3.03. The monoisotopic (exact) mass is 253 g/mol. The lowest BCUT2D eigenvalue weighted by molar-refractivity contribution is -0.122. The van der Waals surface area contributed by atoms with Gasteiger partial charge >= 0.3 is 0 Å². The SMILES string of the molecule is Cc1nc(CNC(C)C(=O)NC2CC2)sc1C. The molecular weight excluding hydrogens is 234 g/mol. The van der Waals surface area contributed by atoms with E-state index in [9.17, 15) is 4.79 Å². The molecule has 17 heavy (non-hydrogen) atoms. The van der Waals surface area contributed by atoms with E-state index in [4.69, 9.17) is 0 Å². The van der Waals surface area contributed by atoms with Crippen LogP contribution in [0.1, 0.15) is 35.3 Å². The molecule has 1 amide bonds. The molecule has 0 aromatic carbocycles. The summed E-state index contributed by atoms with van der Waals surface area (Å²) in [6.45, 7) is 6.64. The summed E-state index contributed by atoms with van der Waals surface area (Å²) in [7, 11) is 0. The first-order valence-electron chi connectivity index (χ1n) is 6.03. The molecule has 2 N–H and O–H groups in total. The van der Waals surface area contributed by atoms with E-state index in [-0.39, 0.29) is 11.9 Å². The van der Waals surface area contributed by atoms with E-state index < -0.39 is 0 Å². The van der Waals surface area contributed by atoms with Gasteiger partial charge in [-0.2, -0.15) is 0 Å². The van der Waals surface area contributed by atoms with E-state index in [1.54, 1.807) is 11.3 Å². The normalized spacial score (nSPS) is 16.9. The Morgan fingerprint density at radius 1 is 1.53 bits per heavy atom.